The normalized spacial score (nSPS) is 22.2. The highest BCUT2D eigenvalue weighted by molar-refractivity contribution is 8.00. The van der Waals surface area contributed by atoms with Crippen LogP contribution in [0.2, 0.25) is 0 Å². The predicted octanol–water partition coefficient (Wildman–Crippen LogP) is 4.62. The van der Waals surface area contributed by atoms with Gasteiger partial charge in [0.15, 0.2) is 0 Å². The van der Waals surface area contributed by atoms with Gasteiger partial charge in [0.05, 0.1) is 5.41 Å². The molecule has 1 aromatic rings. The summed E-state index contributed by atoms with van der Waals surface area (Å²) in [4.78, 5) is 13.2. The van der Waals surface area contributed by atoms with E-state index in [-0.39, 0.29) is 0 Å². The van der Waals surface area contributed by atoms with Gasteiger partial charge < -0.3 is 5.11 Å². The van der Waals surface area contributed by atoms with E-state index in [1.54, 1.807) is 0 Å². The third-order valence-corrected chi connectivity index (χ3v) is 6.28. The molecule has 1 aromatic carbocycles. The molecular weight excluding hydrogens is 268 g/mol. The van der Waals surface area contributed by atoms with Crippen LogP contribution in [0, 0.1) is 0 Å². The second-order valence-corrected chi connectivity index (χ2v) is 7.46. The van der Waals surface area contributed by atoms with Gasteiger partial charge in [-0.25, -0.2) is 0 Å². The van der Waals surface area contributed by atoms with Gasteiger partial charge in [-0.2, -0.15) is 0 Å². The topological polar surface area (TPSA) is 37.3 Å². The molecule has 2 aliphatic carbocycles. The van der Waals surface area contributed by atoms with Crippen LogP contribution in [0.5, 0.6) is 0 Å². The number of carbonyl (C=O) groups is 1. The Kier molecular flexibility index (Phi) is 4.06. The van der Waals surface area contributed by atoms with Crippen LogP contribution < -0.4 is 0 Å². The van der Waals surface area contributed by atoms with Gasteiger partial charge in [0.1, 0.15) is 0 Å². The summed E-state index contributed by atoms with van der Waals surface area (Å²) in [7, 11) is 0. The van der Waals surface area contributed by atoms with Gasteiger partial charge in [-0.3, -0.25) is 4.79 Å². The van der Waals surface area contributed by atoms with E-state index < -0.39 is 11.4 Å². The third-order valence-electron chi connectivity index (χ3n) is 4.86. The molecule has 3 rings (SSSR count). The standard InChI is InChI=1S/C17H22O2S/c18-16(19)17(11-4-1-5-12-17)14-9-2-3-10-15(14)20-13-7-6-8-13/h2-3,9-10,13H,1,4-8,11-12H2,(H,18,19). The van der Waals surface area contributed by atoms with Crippen molar-refractivity contribution >= 4 is 17.7 Å². The summed E-state index contributed by atoms with van der Waals surface area (Å²) in [6.45, 7) is 0. The van der Waals surface area contributed by atoms with Crippen molar-refractivity contribution in [2.75, 3.05) is 0 Å². The smallest absolute Gasteiger partial charge is 0.314 e. The van der Waals surface area contributed by atoms with Gasteiger partial charge in [0.2, 0.25) is 0 Å². The first-order chi connectivity index (χ1) is 9.72. The Labute approximate surface area is 125 Å². The molecule has 3 heteroatoms. The number of hydrogen-bond acceptors (Lipinski definition) is 2. The van der Waals surface area contributed by atoms with E-state index in [2.05, 4.69) is 12.1 Å². The Balaban J connectivity index is 1.95. The van der Waals surface area contributed by atoms with Gasteiger partial charge >= 0.3 is 5.97 Å². The first-order valence-corrected chi connectivity index (χ1v) is 8.60. The van der Waals surface area contributed by atoms with Crippen LogP contribution >= 0.6 is 11.8 Å². The molecule has 0 amide bonds. The molecule has 0 atom stereocenters. The Bertz CT molecular complexity index is 488. The van der Waals surface area contributed by atoms with E-state index in [9.17, 15) is 9.90 Å². The van der Waals surface area contributed by atoms with Gasteiger partial charge in [0.25, 0.3) is 0 Å². The minimum Gasteiger partial charge on any atom is -0.481 e. The summed E-state index contributed by atoms with van der Waals surface area (Å²) in [5, 5.41) is 10.6. The monoisotopic (exact) mass is 290 g/mol. The minimum absolute atomic E-state index is 0.626. The second kappa shape index (κ2) is 5.80. The number of rotatable bonds is 4. The zero-order valence-electron chi connectivity index (χ0n) is 11.8. The quantitative estimate of drug-likeness (QED) is 0.879. The van der Waals surface area contributed by atoms with E-state index in [1.165, 1.54) is 30.6 Å². The van der Waals surface area contributed by atoms with Crippen LogP contribution in [0.3, 0.4) is 0 Å². The zero-order valence-corrected chi connectivity index (χ0v) is 12.6. The second-order valence-electron chi connectivity index (χ2n) is 6.11. The van der Waals surface area contributed by atoms with Crippen molar-refractivity contribution in [3.8, 4) is 0 Å². The lowest BCUT2D eigenvalue weighted by Crippen LogP contribution is -2.38. The van der Waals surface area contributed by atoms with Gasteiger partial charge in [-0.15, -0.1) is 11.8 Å². The van der Waals surface area contributed by atoms with E-state index >= 15 is 0 Å². The molecule has 0 aromatic heterocycles. The van der Waals surface area contributed by atoms with Gasteiger partial charge in [-0.05, 0) is 37.3 Å². The minimum atomic E-state index is -0.633. The lowest BCUT2D eigenvalue weighted by atomic mass is 9.69. The number of carboxylic acid groups (broad SMARTS) is 1. The fourth-order valence-electron chi connectivity index (χ4n) is 3.39. The predicted molar refractivity (Wildman–Crippen MR) is 82.3 cm³/mol. The van der Waals surface area contributed by atoms with Crippen molar-refractivity contribution < 1.29 is 9.90 Å². The number of thioether (sulfide) groups is 1. The fraction of sp³-hybridized carbons (Fsp3) is 0.588. The zero-order chi connectivity index (χ0) is 14.0. The molecule has 0 radical (unpaired) electrons. The summed E-state index contributed by atoms with van der Waals surface area (Å²) < 4.78 is 0. The maximum atomic E-state index is 12.0. The van der Waals surface area contributed by atoms with E-state index in [4.69, 9.17) is 0 Å². The van der Waals surface area contributed by atoms with Crippen molar-refractivity contribution in [1.82, 2.24) is 0 Å². The van der Waals surface area contributed by atoms with Crippen LogP contribution in [0.25, 0.3) is 0 Å². The Morgan fingerprint density at radius 3 is 2.40 bits per heavy atom. The summed E-state index contributed by atoms with van der Waals surface area (Å²) in [6, 6.07) is 8.22. The number of benzene rings is 1. The third kappa shape index (κ3) is 2.48. The molecule has 0 unspecified atom stereocenters. The highest BCUT2D eigenvalue weighted by Gasteiger charge is 2.42. The number of carboxylic acids is 1. The molecular formula is C17H22O2S. The van der Waals surface area contributed by atoms with Crippen LogP contribution in [0.15, 0.2) is 29.2 Å². The maximum Gasteiger partial charge on any atom is 0.314 e. The molecule has 20 heavy (non-hydrogen) atoms. The number of aliphatic carboxylic acids is 1. The van der Waals surface area contributed by atoms with Crippen LogP contribution in [-0.2, 0) is 10.2 Å². The number of hydrogen-bond donors (Lipinski definition) is 1. The lowest BCUT2D eigenvalue weighted by molar-refractivity contribution is -0.145. The van der Waals surface area contributed by atoms with Crippen molar-refractivity contribution in [3.63, 3.8) is 0 Å². The molecule has 0 bridgehead atoms. The molecule has 2 aliphatic rings. The molecule has 1 N–H and O–H groups in total. The molecule has 0 heterocycles. The average Bonchev–Trinajstić information content (AvgIpc) is 2.44. The van der Waals surface area contributed by atoms with E-state index in [1.807, 2.05) is 23.9 Å². The maximum absolute atomic E-state index is 12.0. The van der Waals surface area contributed by atoms with E-state index in [0.29, 0.717) is 5.25 Å². The molecule has 0 spiro atoms. The van der Waals surface area contributed by atoms with E-state index in [0.717, 1.165) is 31.2 Å². The summed E-state index contributed by atoms with van der Waals surface area (Å²) in [5.41, 5.74) is 0.440. The summed E-state index contributed by atoms with van der Waals surface area (Å²) in [5.74, 6) is -0.626. The Morgan fingerprint density at radius 2 is 1.80 bits per heavy atom. The van der Waals surface area contributed by atoms with Gasteiger partial charge in [-0.1, -0.05) is 43.9 Å². The van der Waals surface area contributed by atoms with Crippen LogP contribution in [-0.4, -0.2) is 16.3 Å². The van der Waals surface area contributed by atoms with Crippen molar-refractivity contribution in [3.05, 3.63) is 29.8 Å². The summed E-state index contributed by atoms with van der Waals surface area (Å²) >= 11 is 1.90. The molecule has 108 valence electrons. The molecule has 2 nitrogen and oxygen atoms in total. The van der Waals surface area contributed by atoms with Crippen molar-refractivity contribution in [2.24, 2.45) is 0 Å². The first kappa shape index (κ1) is 14.0. The molecule has 2 saturated carbocycles. The SMILES string of the molecule is O=C(O)C1(c2ccccc2SC2CCC2)CCCCC1. The first-order valence-electron chi connectivity index (χ1n) is 7.72. The van der Waals surface area contributed by atoms with Crippen molar-refractivity contribution in [2.45, 2.75) is 66.9 Å². The average molecular weight is 290 g/mol. The molecule has 0 aliphatic heterocycles. The highest BCUT2D eigenvalue weighted by atomic mass is 32.2. The fourth-order valence-corrected chi connectivity index (χ4v) is 4.86. The largest absolute Gasteiger partial charge is 0.481 e. The van der Waals surface area contributed by atoms with Crippen molar-refractivity contribution in [1.29, 1.82) is 0 Å². The molecule has 2 fully saturated rings. The Hall–Kier alpha value is -0.960. The van der Waals surface area contributed by atoms with Crippen LogP contribution in [0.4, 0.5) is 0 Å². The molecule has 0 saturated heterocycles. The lowest BCUT2D eigenvalue weighted by Gasteiger charge is -2.36. The Morgan fingerprint density at radius 1 is 1.10 bits per heavy atom. The van der Waals surface area contributed by atoms with Gasteiger partial charge in [0, 0.05) is 10.1 Å². The summed E-state index contributed by atoms with van der Waals surface area (Å²) in [6.07, 6.45) is 8.72. The van der Waals surface area contributed by atoms with Crippen LogP contribution in [0.1, 0.15) is 56.9 Å². The highest BCUT2D eigenvalue weighted by Crippen LogP contribution is 2.46.